The first-order chi connectivity index (χ1) is 20.8. The minimum atomic E-state index is 1.06. The fourth-order valence-electron chi connectivity index (χ4n) is 7.52. The molecule has 0 fully saturated rings. The molecule has 206 valence electrons. The Kier molecular flexibility index (Phi) is 6.25. The average Bonchev–Trinajstić information content (AvgIpc) is 3.35. The lowest BCUT2D eigenvalue weighted by Crippen LogP contribution is -2.40. The molecule has 3 heteroatoms. The van der Waals surface area contributed by atoms with Crippen LogP contribution in [0.1, 0.15) is 61.0 Å². The lowest BCUT2D eigenvalue weighted by atomic mass is 9.80. The van der Waals surface area contributed by atoms with Gasteiger partial charge in [-0.25, -0.2) is 0 Å². The molecule has 2 aromatic heterocycles. The van der Waals surface area contributed by atoms with E-state index in [9.17, 15) is 0 Å². The molecule has 1 aliphatic carbocycles. The molecule has 0 radical (unpaired) electrons. The number of pyridine rings is 2. The molecule has 0 saturated heterocycles. The van der Waals surface area contributed by atoms with Gasteiger partial charge in [0.2, 0.25) is 16.9 Å². The van der Waals surface area contributed by atoms with Crippen LogP contribution in [0.25, 0.3) is 45.0 Å². The maximum Gasteiger partial charge on any atom is 0.214 e. The van der Waals surface area contributed by atoms with Gasteiger partial charge in [0.25, 0.3) is 0 Å². The number of hydrogen-bond acceptors (Lipinski definition) is 1. The van der Waals surface area contributed by atoms with E-state index >= 15 is 0 Å². The third-order valence-electron chi connectivity index (χ3n) is 9.57. The molecule has 0 saturated carbocycles. The number of nitrogens with one attached hydrogen (secondary N) is 1. The summed E-state index contributed by atoms with van der Waals surface area (Å²) in [5, 5.41) is 7.09. The van der Waals surface area contributed by atoms with E-state index in [4.69, 9.17) is 0 Å². The van der Waals surface area contributed by atoms with Crippen LogP contribution in [-0.2, 0) is 13.1 Å². The number of hydrogen-bond donors (Lipinski definition) is 1. The van der Waals surface area contributed by atoms with Crippen LogP contribution in [0.3, 0.4) is 0 Å². The molecule has 0 spiro atoms. The highest BCUT2D eigenvalue weighted by molar-refractivity contribution is 6.07. The molecule has 42 heavy (non-hydrogen) atoms. The van der Waals surface area contributed by atoms with E-state index in [2.05, 4.69) is 118 Å². The van der Waals surface area contributed by atoms with Crippen LogP contribution in [0.5, 0.6) is 0 Å². The van der Waals surface area contributed by atoms with Crippen LogP contribution >= 0.6 is 0 Å². The number of allylic oxidation sites excluding steroid dienone is 4. The highest BCUT2D eigenvalue weighted by Crippen LogP contribution is 2.46. The van der Waals surface area contributed by atoms with Crippen molar-refractivity contribution in [1.29, 1.82) is 0 Å². The average molecular weight is 548 g/mol. The van der Waals surface area contributed by atoms with Crippen LogP contribution in [0.15, 0.2) is 102 Å². The van der Waals surface area contributed by atoms with Crippen LogP contribution in [0.4, 0.5) is 5.69 Å². The number of anilines is 1. The van der Waals surface area contributed by atoms with Gasteiger partial charge in [0.15, 0.2) is 6.20 Å². The van der Waals surface area contributed by atoms with Gasteiger partial charge in [0.1, 0.15) is 13.1 Å². The summed E-state index contributed by atoms with van der Waals surface area (Å²) in [5.41, 5.74) is 14.1. The molecular formula is C39H37N3+2. The van der Waals surface area contributed by atoms with E-state index in [-0.39, 0.29) is 0 Å². The zero-order valence-electron chi connectivity index (χ0n) is 24.4. The quantitative estimate of drug-likeness (QED) is 0.225. The van der Waals surface area contributed by atoms with Crippen LogP contribution in [0, 0.1) is 0 Å². The van der Waals surface area contributed by atoms with E-state index < -0.39 is 0 Å². The molecule has 2 aliphatic heterocycles. The monoisotopic (exact) mass is 547 g/mol. The second kappa shape index (κ2) is 10.4. The maximum atomic E-state index is 3.25. The highest BCUT2D eigenvalue weighted by Gasteiger charge is 2.37. The Balaban J connectivity index is 1.30. The van der Waals surface area contributed by atoms with Gasteiger partial charge in [0.05, 0.1) is 16.5 Å². The van der Waals surface area contributed by atoms with Crippen molar-refractivity contribution in [2.75, 3.05) is 12.4 Å². The maximum absolute atomic E-state index is 3.25. The van der Waals surface area contributed by atoms with Crippen molar-refractivity contribution in [2.45, 2.75) is 51.6 Å². The number of nitrogens with zero attached hydrogens (tertiary/aromatic N) is 2. The third kappa shape index (κ3) is 4.27. The standard InChI is InChI=1S/C39H36N3/c1-40-33-20-19-30-24-27(13-15-31(30)25-33)14-16-32-26-37-39-29(9-7-23-42(37)35-11-3-2-10-34(32)35)18-17-28-8-6-22-41-21-5-4-12-36(41)38(28)39/h2-5,10-16,19-21,24-26H,6-9,17-18,22-23H2,1H3/q+1/p+1. The largest absolute Gasteiger partial charge is 0.388 e. The Hall–Kier alpha value is -4.50. The van der Waals surface area contributed by atoms with Gasteiger partial charge in [0, 0.05) is 49.8 Å². The van der Waals surface area contributed by atoms with E-state index in [1.165, 1.54) is 93.9 Å². The molecule has 3 aromatic carbocycles. The lowest BCUT2D eigenvalue weighted by Gasteiger charge is -2.22. The molecular weight excluding hydrogens is 510 g/mol. The van der Waals surface area contributed by atoms with Gasteiger partial charge < -0.3 is 5.32 Å². The van der Waals surface area contributed by atoms with Crippen molar-refractivity contribution < 1.29 is 9.13 Å². The fourth-order valence-corrected chi connectivity index (χ4v) is 7.52. The van der Waals surface area contributed by atoms with Gasteiger partial charge in [-0.1, -0.05) is 53.6 Å². The second-order valence-electron chi connectivity index (χ2n) is 12.0. The lowest BCUT2D eigenvalue weighted by molar-refractivity contribution is -0.698. The Morgan fingerprint density at radius 2 is 1.43 bits per heavy atom. The van der Waals surface area contributed by atoms with Gasteiger partial charge in [-0.05, 0) is 77.9 Å². The summed E-state index contributed by atoms with van der Waals surface area (Å²) in [6.07, 6.45) is 14.1. The number of para-hydroxylation sites is 1. The van der Waals surface area contributed by atoms with Crippen molar-refractivity contribution >= 4 is 50.7 Å². The summed E-state index contributed by atoms with van der Waals surface area (Å²) in [4.78, 5) is 0. The second-order valence-corrected chi connectivity index (χ2v) is 12.0. The van der Waals surface area contributed by atoms with E-state index in [1.54, 1.807) is 11.1 Å². The van der Waals surface area contributed by atoms with Gasteiger partial charge in [-0.2, -0.15) is 9.13 Å². The fraction of sp³-hybridized carbons (Fsp3) is 0.231. The van der Waals surface area contributed by atoms with Crippen LogP contribution < -0.4 is 14.5 Å². The minimum absolute atomic E-state index is 1.06. The number of aromatic nitrogens is 2. The van der Waals surface area contributed by atoms with Crippen molar-refractivity contribution in [3.63, 3.8) is 0 Å². The van der Waals surface area contributed by atoms with Gasteiger partial charge in [-0.15, -0.1) is 0 Å². The van der Waals surface area contributed by atoms with Gasteiger partial charge in [-0.3, -0.25) is 0 Å². The predicted molar refractivity (Wildman–Crippen MR) is 175 cm³/mol. The first kappa shape index (κ1) is 25.2. The summed E-state index contributed by atoms with van der Waals surface area (Å²) in [6, 6.07) is 31.6. The van der Waals surface area contributed by atoms with Crippen LogP contribution in [0.2, 0.25) is 0 Å². The number of rotatable bonds is 3. The molecule has 0 atom stereocenters. The number of benzene rings is 3. The predicted octanol–water partition coefficient (Wildman–Crippen LogP) is 8.37. The summed E-state index contributed by atoms with van der Waals surface area (Å²) in [6.45, 7) is 2.16. The summed E-state index contributed by atoms with van der Waals surface area (Å²) in [5.74, 6) is 0. The first-order valence-electron chi connectivity index (χ1n) is 15.6. The van der Waals surface area contributed by atoms with Crippen molar-refractivity contribution in [3.8, 4) is 0 Å². The van der Waals surface area contributed by atoms with E-state index in [0.717, 1.165) is 18.8 Å². The topological polar surface area (TPSA) is 19.8 Å². The minimum Gasteiger partial charge on any atom is -0.388 e. The molecule has 8 rings (SSSR count). The molecule has 1 N–H and O–H groups in total. The molecule has 4 heterocycles. The smallest absolute Gasteiger partial charge is 0.214 e. The Morgan fingerprint density at radius 3 is 2.31 bits per heavy atom. The zero-order valence-corrected chi connectivity index (χ0v) is 24.4. The molecule has 3 aliphatic rings. The normalized spacial score (nSPS) is 16.6. The first-order valence-corrected chi connectivity index (χ1v) is 15.6. The van der Waals surface area contributed by atoms with Crippen molar-refractivity contribution in [2.24, 2.45) is 0 Å². The SMILES string of the molecule is CNc1ccc2cc(/C=C/c3cc4[n+](c5ccccc35)CCCC3=C4C4=C(CCC[n+]5ccccc54)CC3)ccc2c1. The third-order valence-corrected chi connectivity index (χ3v) is 9.57. The summed E-state index contributed by atoms with van der Waals surface area (Å²) in [7, 11) is 1.97. The van der Waals surface area contributed by atoms with Gasteiger partial charge >= 0.3 is 0 Å². The van der Waals surface area contributed by atoms with Crippen LogP contribution in [-0.4, -0.2) is 7.05 Å². The zero-order chi connectivity index (χ0) is 28.0. The Morgan fingerprint density at radius 1 is 0.667 bits per heavy atom. The van der Waals surface area contributed by atoms with E-state index in [0.29, 0.717) is 0 Å². The number of aryl methyl sites for hydroxylation is 2. The summed E-state index contributed by atoms with van der Waals surface area (Å²) < 4.78 is 5.12. The molecule has 5 aromatic rings. The Labute approximate surface area is 248 Å². The number of fused-ring (bicyclic) bond motifs is 8. The van der Waals surface area contributed by atoms with Crippen molar-refractivity contribution in [1.82, 2.24) is 0 Å². The molecule has 0 bridgehead atoms. The molecule has 0 unspecified atom stereocenters. The van der Waals surface area contributed by atoms with Crippen molar-refractivity contribution in [3.05, 3.63) is 125 Å². The highest BCUT2D eigenvalue weighted by atomic mass is 15.0. The summed E-state index contributed by atoms with van der Waals surface area (Å²) >= 11 is 0. The Bertz CT molecular complexity index is 1970. The van der Waals surface area contributed by atoms with E-state index in [1.807, 2.05) is 7.05 Å². The molecule has 0 amide bonds. The molecule has 3 nitrogen and oxygen atoms in total.